The first kappa shape index (κ1) is 15.1. The van der Waals surface area contributed by atoms with Crippen LogP contribution in [0.4, 0.5) is 0 Å². The van der Waals surface area contributed by atoms with Crippen LogP contribution in [0.3, 0.4) is 0 Å². The first-order chi connectivity index (χ1) is 10.1. The molecule has 1 aromatic rings. The van der Waals surface area contributed by atoms with Crippen LogP contribution >= 0.6 is 0 Å². The quantitative estimate of drug-likeness (QED) is 0.886. The van der Waals surface area contributed by atoms with Crippen LogP contribution in [0.25, 0.3) is 0 Å². The molecule has 1 atom stereocenters. The Hall–Kier alpha value is -0.860. The summed E-state index contributed by atoms with van der Waals surface area (Å²) in [4.78, 5) is 2.74. The maximum atomic E-state index is 3.97. The van der Waals surface area contributed by atoms with Crippen LogP contribution in [-0.2, 0) is 5.54 Å². The second-order valence-corrected chi connectivity index (χ2v) is 7.56. The van der Waals surface area contributed by atoms with Gasteiger partial charge in [-0.3, -0.25) is 4.90 Å². The van der Waals surface area contributed by atoms with E-state index in [2.05, 4.69) is 61.3 Å². The Morgan fingerprint density at radius 1 is 1.05 bits per heavy atom. The van der Waals surface area contributed by atoms with Crippen molar-refractivity contribution in [3.8, 4) is 0 Å². The van der Waals surface area contributed by atoms with Gasteiger partial charge in [0.05, 0.1) is 5.54 Å². The van der Waals surface area contributed by atoms with Crippen LogP contribution < -0.4 is 5.32 Å². The van der Waals surface area contributed by atoms with E-state index in [4.69, 9.17) is 0 Å². The highest BCUT2D eigenvalue weighted by molar-refractivity contribution is 5.26. The van der Waals surface area contributed by atoms with E-state index in [0.717, 1.165) is 6.54 Å². The van der Waals surface area contributed by atoms with Gasteiger partial charge in [-0.15, -0.1) is 0 Å². The summed E-state index contributed by atoms with van der Waals surface area (Å²) < 4.78 is 0. The van der Waals surface area contributed by atoms with Gasteiger partial charge in [-0.2, -0.15) is 0 Å². The minimum atomic E-state index is 0.109. The standard InChI is InChI=1S/C19H30N2/c1-16(2)21-15-19(12-8-5-9-13-19)20-14-18(21,3)17-10-6-4-7-11-17/h4,6-7,10-11,16,20H,5,8-9,12-15H2,1-3H3. The lowest BCUT2D eigenvalue weighted by atomic mass is 9.75. The number of nitrogens with zero attached hydrogens (tertiary/aromatic N) is 1. The highest BCUT2D eigenvalue weighted by Gasteiger charge is 2.46. The fraction of sp³-hybridized carbons (Fsp3) is 0.684. The molecule has 0 radical (unpaired) electrons. The maximum absolute atomic E-state index is 3.97. The zero-order valence-corrected chi connectivity index (χ0v) is 13.9. The normalized spacial score (nSPS) is 29.9. The molecule has 116 valence electrons. The Balaban J connectivity index is 1.89. The fourth-order valence-electron chi connectivity index (χ4n) is 4.40. The number of hydrogen-bond donors (Lipinski definition) is 1. The van der Waals surface area contributed by atoms with E-state index in [0.29, 0.717) is 11.6 Å². The average molecular weight is 286 g/mol. The molecular formula is C19H30N2. The topological polar surface area (TPSA) is 15.3 Å². The molecule has 1 unspecified atom stereocenters. The Bertz CT molecular complexity index is 462. The second-order valence-electron chi connectivity index (χ2n) is 7.56. The van der Waals surface area contributed by atoms with E-state index in [9.17, 15) is 0 Å². The summed E-state index contributed by atoms with van der Waals surface area (Å²) in [5.74, 6) is 0. The van der Waals surface area contributed by atoms with Crippen molar-refractivity contribution in [1.29, 1.82) is 0 Å². The molecule has 1 spiro atoms. The zero-order valence-electron chi connectivity index (χ0n) is 13.9. The number of benzene rings is 1. The molecule has 0 aromatic heterocycles. The van der Waals surface area contributed by atoms with Gasteiger partial charge in [0.1, 0.15) is 0 Å². The predicted molar refractivity (Wildman–Crippen MR) is 89.5 cm³/mol. The summed E-state index contributed by atoms with van der Waals surface area (Å²) in [5.41, 5.74) is 1.92. The number of hydrogen-bond acceptors (Lipinski definition) is 2. The molecule has 2 heteroatoms. The summed E-state index contributed by atoms with van der Waals surface area (Å²) >= 11 is 0. The third-order valence-electron chi connectivity index (χ3n) is 5.74. The Morgan fingerprint density at radius 3 is 2.33 bits per heavy atom. The van der Waals surface area contributed by atoms with Gasteiger partial charge in [-0.1, -0.05) is 49.6 Å². The summed E-state index contributed by atoms with van der Waals surface area (Å²) in [6, 6.07) is 11.6. The van der Waals surface area contributed by atoms with Crippen LogP contribution in [0, 0.1) is 0 Å². The van der Waals surface area contributed by atoms with Gasteiger partial charge >= 0.3 is 0 Å². The molecule has 2 nitrogen and oxygen atoms in total. The van der Waals surface area contributed by atoms with Crippen LogP contribution in [0.2, 0.25) is 0 Å². The predicted octanol–water partition coefficient (Wildman–Crippen LogP) is 3.92. The fourth-order valence-corrected chi connectivity index (χ4v) is 4.40. The molecule has 3 rings (SSSR count). The molecule has 2 aliphatic rings. The Kier molecular flexibility index (Phi) is 4.11. The van der Waals surface area contributed by atoms with Crippen molar-refractivity contribution in [3.63, 3.8) is 0 Å². The smallest absolute Gasteiger partial charge is 0.0560 e. The summed E-state index contributed by atoms with van der Waals surface area (Å²) in [7, 11) is 0. The van der Waals surface area contributed by atoms with Gasteiger partial charge < -0.3 is 5.32 Å². The van der Waals surface area contributed by atoms with Crippen molar-refractivity contribution in [1.82, 2.24) is 10.2 Å². The molecule has 1 aliphatic heterocycles. The molecule has 2 fully saturated rings. The third-order valence-corrected chi connectivity index (χ3v) is 5.74. The van der Waals surface area contributed by atoms with Crippen LogP contribution in [0.5, 0.6) is 0 Å². The molecule has 1 saturated carbocycles. The average Bonchev–Trinajstić information content (AvgIpc) is 2.52. The molecule has 1 aromatic carbocycles. The lowest BCUT2D eigenvalue weighted by Gasteiger charge is -2.56. The number of piperazine rings is 1. The van der Waals surface area contributed by atoms with Crippen molar-refractivity contribution in [2.45, 2.75) is 70.0 Å². The van der Waals surface area contributed by atoms with Crippen LogP contribution in [0.1, 0.15) is 58.4 Å². The maximum Gasteiger partial charge on any atom is 0.0560 e. The zero-order chi connectivity index (χ0) is 14.9. The van der Waals surface area contributed by atoms with Crippen LogP contribution in [0.15, 0.2) is 30.3 Å². The number of nitrogens with one attached hydrogen (secondary N) is 1. The number of rotatable bonds is 2. The van der Waals surface area contributed by atoms with E-state index in [1.54, 1.807) is 0 Å². The van der Waals surface area contributed by atoms with Crippen molar-refractivity contribution >= 4 is 0 Å². The highest BCUT2D eigenvalue weighted by atomic mass is 15.3. The second kappa shape index (κ2) is 5.73. The van der Waals surface area contributed by atoms with Crippen molar-refractivity contribution in [2.75, 3.05) is 13.1 Å². The highest BCUT2D eigenvalue weighted by Crippen LogP contribution is 2.39. The molecule has 0 bridgehead atoms. The van der Waals surface area contributed by atoms with E-state index in [1.165, 1.54) is 44.2 Å². The summed E-state index contributed by atoms with van der Waals surface area (Å²) in [6.07, 6.45) is 6.89. The summed E-state index contributed by atoms with van der Waals surface area (Å²) in [6.45, 7) is 9.36. The first-order valence-electron chi connectivity index (χ1n) is 8.63. The molecular weight excluding hydrogens is 256 g/mol. The molecule has 1 saturated heterocycles. The van der Waals surface area contributed by atoms with Gasteiger partial charge in [0.2, 0.25) is 0 Å². The van der Waals surface area contributed by atoms with E-state index >= 15 is 0 Å². The van der Waals surface area contributed by atoms with Crippen molar-refractivity contribution in [3.05, 3.63) is 35.9 Å². The Labute approximate surface area is 129 Å². The Morgan fingerprint density at radius 2 is 1.71 bits per heavy atom. The monoisotopic (exact) mass is 286 g/mol. The van der Waals surface area contributed by atoms with Gasteiger partial charge in [-0.25, -0.2) is 0 Å². The molecule has 0 amide bonds. The van der Waals surface area contributed by atoms with E-state index in [1.807, 2.05) is 0 Å². The lowest BCUT2D eigenvalue weighted by Crippen LogP contribution is -2.69. The van der Waals surface area contributed by atoms with E-state index < -0.39 is 0 Å². The SMILES string of the molecule is CC(C)N1CC2(CCCCC2)NCC1(C)c1ccccc1. The molecule has 1 heterocycles. The third kappa shape index (κ3) is 2.76. The molecule has 1 N–H and O–H groups in total. The van der Waals surface area contributed by atoms with Crippen LogP contribution in [-0.4, -0.2) is 29.6 Å². The van der Waals surface area contributed by atoms with Gasteiger partial charge in [0.25, 0.3) is 0 Å². The van der Waals surface area contributed by atoms with Gasteiger partial charge in [0.15, 0.2) is 0 Å². The lowest BCUT2D eigenvalue weighted by molar-refractivity contribution is -0.0231. The van der Waals surface area contributed by atoms with E-state index in [-0.39, 0.29) is 5.54 Å². The minimum Gasteiger partial charge on any atom is -0.308 e. The van der Waals surface area contributed by atoms with Crippen molar-refractivity contribution < 1.29 is 0 Å². The largest absolute Gasteiger partial charge is 0.308 e. The summed E-state index contributed by atoms with van der Waals surface area (Å²) in [5, 5.41) is 3.97. The van der Waals surface area contributed by atoms with Gasteiger partial charge in [-0.05, 0) is 39.2 Å². The van der Waals surface area contributed by atoms with Crippen molar-refractivity contribution in [2.24, 2.45) is 0 Å². The minimum absolute atomic E-state index is 0.109. The first-order valence-corrected chi connectivity index (χ1v) is 8.63. The molecule has 21 heavy (non-hydrogen) atoms. The molecule has 1 aliphatic carbocycles. The van der Waals surface area contributed by atoms with Gasteiger partial charge in [0, 0.05) is 24.7 Å².